The van der Waals surface area contributed by atoms with E-state index in [0.717, 1.165) is 11.6 Å². The predicted octanol–water partition coefficient (Wildman–Crippen LogP) is 4.15. The lowest BCUT2D eigenvalue weighted by Gasteiger charge is -2.26. The Morgan fingerprint density at radius 3 is 2.50 bits per heavy atom. The number of hydrogen-bond acceptors (Lipinski definition) is 2. The molecule has 1 aliphatic rings. The van der Waals surface area contributed by atoms with Crippen molar-refractivity contribution in [3.8, 4) is 0 Å². The molecule has 1 aromatic rings. The van der Waals surface area contributed by atoms with Crippen LogP contribution in [0.5, 0.6) is 0 Å². The molecule has 1 fully saturated rings. The topological polar surface area (TPSA) is 29.9 Å². The van der Waals surface area contributed by atoms with Crippen molar-refractivity contribution in [1.29, 1.82) is 0 Å². The molecule has 102 valence electrons. The number of hydrogen-bond donors (Lipinski definition) is 1. The van der Waals surface area contributed by atoms with Crippen molar-refractivity contribution in [3.63, 3.8) is 0 Å². The molecule has 1 aliphatic carbocycles. The quantitative estimate of drug-likeness (QED) is 0.868. The normalized spacial score (nSPS) is 19.2. The van der Waals surface area contributed by atoms with Crippen LogP contribution in [-0.2, 0) is 0 Å². The van der Waals surface area contributed by atoms with Gasteiger partial charge < -0.3 is 9.88 Å². The van der Waals surface area contributed by atoms with Crippen LogP contribution in [0.1, 0.15) is 64.6 Å². The molecule has 1 N–H and O–H groups in total. The van der Waals surface area contributed by atoms with Crippen molar-refractivity contribution in [2.45, 2.75) is 71.9 Å². The van der Waals surface area contributed by atoms with E-state index in [1.165, 1.54) is 32.1 Å². The maximum atomic E-state index is 4.66. The zero-order chi connectivity index (χ0) is 13.1. The van der Waals surface area contributed by atoms with E-state index in [4.69, 9.17) is 0 Å². The highest BCUT2D eigenvalue weighted by Gasteiger charge is 2.20. The summed E-state index contributed by atoms with van der Waals surface area (Å²) in [6.45, 7) is 8.82. The molecule has 1 unspecified atom stereocenters. The Kier molecular flexibility index (Phi) is 4.31. The third kappa shape index (κ3) is 3.06. The molecule has 0 bridgehead atoms. The summed E-state index contributed by atoms with van der Waals surface area (Å²) in [5, 5.41) is 3.58. The average molecular weight is 249 g/mol. The molecule has 0 radical (unpaired) electrons. The number of rotatable bonds is 4. The fraction of sp³-hybridized carbons (Fsp3) is 0.800. The van der Waals surface area contributed by atoms with E-state index < -0.39 is 0 Å². The first kappa shape index (κ1) is 13.4. The molecule has 1 aromatic heterocycles. The van der Waals surface area contributed by atoms with Gasteiger partial charge in [0.1, 0.15) is 0 Å². The van der Waals surface area contributed by atoms with Gasteiger partial charge >= 0.3 is 0 Å². The molecule has 0 spiro atoms. The van der Waals surface area contributed by atoms with Crippen LogP contribution in [0.15, 0.2) is 6.20 Å². The van der Waals surface area contributed by atoms with Crippen LogP contribution in [0.2, 0.25) is 0 Å². The zero-order valence-electron chi connectivity index (χ0n) is 12.2. The van der Waals surface area contributed by atoms with E-state index in [9.17, 15) is 0 Å². The molecule has 0 amide bonds. The minimum atomic E-state index is 0.467. The fourth-order valence-corrected chi connectivity index (χ4v) is 2.63. The van der Waals surface area contributed by atoms with Crippen LogP contribution in [0, 0.1) is 12.8 Å². The predicted molar refractivity (Wildman–Crippen MR) is 77.0 cm³/mol. The SMILES string of the molecule is Cc1cn(C2CCCCC2)c(NC(C)C(C)C)n1. The molecule has 0 aliphatic heterocycles. The Balaban J connectivity index is 2.14. The number of imidazole rings is 1. The first-order valence-electron chi connectivity index (χ1n) is 7.40. The molecule has 18 heavy (non-hydrogen) atoms. The Hall–Kier alpha value is -0.990. The van der Waals surface area contributed by atoms with Gasteiger partial charge in [-0.15, -0.1) is 0 Å². The molecule has 0 aromatic carbocycles. The van der Waals surface area contributed by atoms with Crippen LogP contribution in [0.4, 0.5) is 5.95 Å². The van der Waals surface area contributed by atoms with Crippen molar-refractivity contribution in [3.05, 3.63) is 11.9 Å². The number of aromatic nitrogens is 2. The molecule has 1 saturated carbocycles. The number of anilines is 1. The summed E-state index contributed by atoms with van der Waals surface area (Å²) >= 11 is 0. The van der Waals surface area contributed by atoms with Gasteiger partial charge in [0.15, 0.2) is 0 Å². The van der Waals surface area contributed by atoms with Crippen LogP contribution >= 0.6 is 0 Å². The van der Waals surface area contributed by atoms with E-state index in [1.54, 1.807) is 0 Å². The summed E-state index contributed by atoms with van der Waals surface area (Å²) in [6.07, 6.45) is 8.95. The van der Waals surface area contributed by atoms with E-state index in [2.05, 4.69) is 48.8 Å². The highest BCUT2D eigenvalue weighted by Crippen LogP contribution is 2.31. The van der Waals surface area contributed by atoms with Crippen LogP contribution in [-0.4, -0.2) is 15.6 Å². The summed E-state index contributed by atoms with van der Waals surface area (Å²) < 4.78 is 2.38. The summed E-state index contributed by atoms with van der Waals surface area (Å²) in [4.78, 5) is 4.66. The standard InChI is InChI=1S/C15H27N3/c1-11(2)13(4)17-15-16-12(3)10-18(15)14-8-6-5-7-9-14/h10-11,13-14H,5-9H2,1-4H3,(H,16,17). The van der Waals surface area contributed by atoms with Crippen molar-refractivity contribution >= 4 is 5.95 Å². The Labute approximate surface area is 111 Å². The number of aryl methyl sites for hydroxylation is 1. The van der Waals surface area contributed by atoms with Crippen LogP contribution < -0.4 is 5.32 Å². The summed E-state index contributed by atoms with van der Waals surface area (Å²) in [6, 6.07) is 1.12. The van der Waals surface area contributed by atoms with E-state index >= 15 is 0 Å². The first-order valence-corrected chi connectivity index (χ1v) is 7.40. The maximum absolute atomic E-state index is 4.66. The monoisotopic (exact) mass is 249 g/mol. The van der Waals surface area contributed by atoms with Gasteiger partial charge in [0, 0.05) is 18.3 Å². The Morgan fingerprint density at radius 1 is 1.22 bits per heavy atom. The fourth-order valence-electron chi connectivity index (χ4n) is 2.63. The number of nitrogens with zero attached hydrogens (tertiary/aromatic N) is 2. The van der Waals surface area contributed by atoms with Gasteiger partial charge in [-0.05, 0) is 32.6 Å². The van der Waals surface area contributed by atoms with Crippen molar-refractivity contribution in [2.24, 2.45) is 5.92 Å². The smallest absolute Gasteiger partial charge is 0.203 e. The van der Waals surface area contributed by atoms with Gasteiger partial charge in [-0.25, -0.2) is 4.98 Å². The third-order valence-corrected chi connectivity index (χ3v) is 4.18. The highest BCUT2D eigenvalue weighted by atomic mass is 15.2. The van der Waals surface area contributed by atoms with Gasteiger partial charge in [-0.2, -0.15) is 0 Å². The molecular weight excluding hydrogens is 222 g/mol. The van der Waals surface area contributed by atoms with Crippen LogP contribution in [0.3, 0.4) is 0 Å². The van der Waals surface area contributed by atoms with Crippen molar-refractivity contribution in [2.75, 3.05) is 5.32 Å². The van der Waals surface area contributed by atoms with E-state index in [1.807, 2.05) is 0 Å². The summed E-state index contributed by atoms with van der Waals surface area (Å²) in [5.74, 6) is 1.70. The second-order valence-electron chi connectivity index (χ2n) is 6.08. The first-order chi connectivity index (χ1) is 8.58. The number of nitrogens with one attached hydrogen (secondary N) is 1. The average Bonchev–Trinajstić information content (AvgIpc) is 2.71. The van der Waals surface area contributed by atoms with Gasteiger partial charge in [0.05, 0.1) is 5.69 Å². The second kappa shape index (κ2) is 5.77. The molecule has 2 rings (SSSR count). The van der Waals surface area contributed by atoms with Crippen molar-refractivity contribution < 1.29 is 0 Å². The van der Waals surface area contributed by atoms with Gasteiger partial charge in [-0.1, -0.05) is 33.1 Å². The van der Waals surface area contributed by atoms with Gasteiger partial charge in [0.25, 0.3) is 0 Å². The summed E-state index contributed by atoms with van der Waals surface area (Å²) in [7, 11) is 0. The molecule has 0 saturated heterocycles. The zero-order valence-corrected chi connectivity index (χ0v) is 12.2. The van der Waals surface area contributed by atoms with Crippen LogP contribution in [0.25, 0.3) is 0 Å². The molecule has 3 heteroatoms. The molecule has 1 heterocycles. The largest absolute Gasteiger partial charge is 0.353 e. The lowest BCUT2D eigenvalue weighted by atomic mass is 9.95. The molecular formula is C15H27N3. The molecule has 3 nitrogen and oxygen atoms in total. The Morgan fingerprint density at radius 2 is 1.89 bits per heavy atom. The lowest BCUT2D eigenvalue weighted by Crippen LogP contribution is -2.25. The molecule has 1 atom stereocenters. The lowest BCUT2D eigenvalue weighted by molar-refractivity contribution is 0.354. The minimum Gasteiger partial charge on any atom is -0.353 e. The minimum absolute atomic E-state index is 0.467. The highest BCUT2D eigenvalue weighted by molar-refractivity contribution is 5.31. The summed E-state index contributed by atoms with van der Waals surface area (Å²) in [5.41, 5.74) is 1.12. The maximum Gasteiger partial charge on any atom is 0.203 e. The van der Waals surface area contributed by atoms with Gasteiger partial charge in [-0.3, -0.25) is 0 Å². The van der Waals surface area contributed by atoms with E-state index in [-0.39, 0.29) is 0 Å². The van der Waals surface area contributed by atoms with Gasteiger partial charge in [0.2, 0.25) is 5.95 Å². The third-order valence-electron chi connectivity index (χ3n) is 4.18. The second-order valence-corrected chi connectivity index (χ2v) is 6.08. The Bertz CT molecular complexity index is 375. The van der Waals surface area contributed by atoms with Crippen molar-refractivity contribution in [1.82, 2.24) is 9.55 Å². The van der Waals surface area contributed by atoms with E-state index in [0.29, 0.717) is 18.0 Å².